The Bertz CT molecular complexity index is 873. The van der Waals surface area contributed by atoms with Crippen LogP contribution in [0.25, 0.3) is 5.69 Å². The Balaban J connectivity index is 1.13. The van der Waals surface area contributed by atoms with Crippen LogP contribution in [-0.2, 0) is 0 Å². The van der Waals surface area contributed by atoms with Gasteiger partial charge < -0.3 is 15.1 Å². The second-order valence-corrected chi connectivity index (χ2v) is 9.28. The van der Waals surface area contributed by atoms with Crippen LogP contribution >= 0.6 is 0 Å². The number of nitrogens with zero attached hydrogens (tertiary/aromatic N) is 7. The van der Waals surface area contributed by atoms with E-state index >= 15 is 0 Å². The molecule has 2 amide bonds. The lowest BCUT2D eigenvalue weighted by Gasteiger charge is -2.41. The second-order valence-electron chi connectivity index (χ2n) is 9.28. The zero-order valence-electron chi connectivity index (χ0n) is 18.8. The number of hydrogen-bond acceptors (Lipinski definition) is 6. The van der Waals surface area contributed by atoms with Crippen molar-refractivity contribution >= 4 is 12.0 Å². The zero-order valence-corrected chi connectivity index (χ0v) is 18.8. The number of piperazine rings is 1. The fourth-order valence-electron chi connectivity index (χ4n) is 5.39. The lowest BCUT2D eigenvalue weighted by molar-refractivity contribution is 0.108. The van der Waals surface area contributed by atoms with Crippen molar-refractivity contribution in [2.24, 2.45) is 0 Å². The number of likely N-dealkylation sites (tertiary alicyclic amines) is 1. The van der Waals surface area contributed by atoms with Gasteiger partial charge in [0.05, 0.1) is 5.69 Å². The molecule has 1 aliphatic carbocycles. The first-order valence-corrected chi connectivity index (χ1v) is 12.2. The molecule has 0 bridgehead atoms. The molecule has 3 aliphatic rings. The van der Waals surface area contributed by atoms with Gasteiger partial charge in [-0.15, -0.1) is 0 Å². The summed E-state index contributed by atoms with van der Waals surface area (Å²) < 4.78 is 1.76. The van der Waals surface area contributed by atoms with Crippen LogP contribution in [-0.4, -0.2) is 87.4 Å². The number of tetrazole rings is 1. The van der Waals surface area contributed by atoms with Crippen molar-refractivity contribution < 1.29 is 4.79 Å². The third kappa shape index (κ3) is 4.72. The Labute approximate surface area is 189 Å². The molecule has 1 aromatic heterocycles. The minimum absolute atomic E-state index is 0.0720. The molecule has 3 fully saturated rings. The fraction of sp³-hybridized carbons (Fsp3) is 0.652. The minimum Gasteiger partial charge on any atom is -0.336 e. The van der Waals surface area contributed by atoms with Crippen LogP contribution in [0.15, 0.2) is 30.3 Å². The molecule has 1 aromatic carbocycles. The lowest BCUT2D eigenvalue weighted by Crippen LogP contribution is -2.57. The first-order valence-electron chi connectivity index (χ1n) is 12.2. The molecule has 2 saturated heterocycles. The number of urea groups is 1. The van der Waals surface area contributed by atoms with Crippen molar-refractivity contribution in [1.29, 1.82) is 0 Å². The second kappa shape index (κ2) is 9.85. The van der Waals surface area contributed by atoms with Gasteiger partial charge in [0.15, 0.2) is 0 Å². The number of anilines is 1. The molecule has 0 radical (unpaired) electrons. The molecule has 3 heterocycles. The molecule has 0 spiro atoms. The molecule has 172 valence electrons. The lowest BCUT2D eigenvalue weighted by atomic mass is 9.92. The SMILES string of the molecule is O=C(NC1CCCN(C2CCCCC2)C1)N1CCN(c2nnnn2-c2ccccc2)CC1. The average Bonchev–Trinajstić information content (AvgIpc) is 3.35. The van der Waals surface area contributed by atoms with E-state index in [0.717, 1.165) is 43.7 Å². The van der Waals surface area contributed by atoms with Crippen molar-refractivity contribution in [3.63, 3.8) is 0 Å². The number of aromatic nitrogens is 4. The van der Waals surface area contributed by atoms with Crippen LogP contribution in [0.4, 0.5) is 10.7 Å². The van der Waals surface area contributed by atoms with Crippen LogP contribution < -0.4 is 10.2 Å². The summed E-state index contributed by atoms with van der Waals surface area (Å²) in [6.45, 7) is 4.98. The maximum absolute atomic E-state index is 13.0. The van der Waals surface area contributed by atoms with Gasteiger partial charge in [-0.2, -0.15) is 4.68 Å². The van der Waals surface area contributed by atoms with Crippen molar-refractivity contribution in [3.05, 3.63) is 30.3 Å². The van der Waals surface area contributed by atoms with E-state index in [4.69, 9.17) is 0 Å². The normalized spacial score (nSPS) is 23.3. The Morgan fingerprint density at radius 2 is 1.69 bits per heavy atom. The van der Waals surface area contributed by atoms with Crippen molar-refractivity contribution in [2.45, 2.75) is 57.0 Å². The van der Waals surface area contributed by atoms with Crippen LogP contribution in [0.5, 0.6) is 0 Å². The maximum Gasteiger partial charge on any atom is 0.317 e. The monoisotopic (exact) mass is 438 g/mol. The van der Waals surface area contributed by atoms with Crippen molar-refractivity contribution in [2.75, 3.05) is 44.2 Å². The topological polar surface area (TPSA) is 82.4 Å². The van der Waals surface area contributed by atoms with Crippen LogP contribution in [0.1, 0.15) is 44.9 Å². The number of carbonyl (C=O) groups is 1. The van der Waals surface area contributed by atoms with E-state index in [1.165, 1.54) is 45.1 Å². The first kappa shape index (κ1) is 21.2. The smallest absolute Gasteiger partial charge is 0.317 e. The van der Waals surface area contributed by atoms with E-state index < -0.39 is 0 Å². The van der Waals surface area contributed by atoms with Gasteiger partial charge in [0.2, 0.25) is 5.95 Å². The van der Waals surface area contributed by atoms with Gasteiger partial charge in [-0.05, 0) is 54.8 Å². The van der Waals surface area contributed by atoms with Crippen molar-refractivity contribution in [3.8, 4) is 5.69 Å². The molecule has 5 rings (SSSR count). The van der Waals surface area contributed by atoms with Crippen LogP contribution in [0.2, 0.25) is 0 Å². The largest absolute Gasteiger partial charge is 0.336 e. The van der Waals surface area contributed by atoms with E-state index in [9.17, 15) is 4.79 Å². The van der Waals surface area contributed by atoms with E-state index in [0.29, 0.717) is 13.1 Å². The van der Waals surface area contributed by atoms with E-state index in [-0.39, 0.29) is 12.1 Å². The number of piperidine rings is 1. The number of nitrogens with one attached hydrogen (secondary N) is 1. The van der Waals surface area contributed by atoms with Gasteiger partial charge in [0, 0.05) is 44.8 Å². The number of rotatable bonds is 4. The third-order valence-corrected chi connectivity index (χ3v) is 7.18. The van der Waals surface area contributed by atoms with E-state index in [1.807, 2.05) is 35.2 Å². The molecule has 1 N–H and O–H groups in total. The highest BCUT2D eigenvalue weighted by Gasteiger charge is 2.30. The average molecular weight is 439 g/mol. The molecule has 2 aliphatic heterocycles. The van der Waals surface area contributed by atoms with Gasteiger partial charge in [0.1, 0.15) is 0 Å². The number of benzene rings is 1. The summed E-state index contributed by atoms with van der Waals surface area (Å²) in [5.74, 6) is 0.728. The number of carbonyl (C=O) groups excluding carboxylic acids is 1. The minimum atomic E-state index is 0.0720. The molecule has 9 nitrogen and oxygen atoms in total. The highest BCUT2D eigenvalue weighted by atomic mass is 16.2. The zero-order chi connectivity index (χ0) is 21.8. The summed E-state index contributed by atoms with van der Waals surface area (Å²) in [5.41, 5.74) is 0.937. The molecule has 1 atom stereocenters. The predicted molar refractivity (Wildman–Crippen MR) is 123 cm³/mol. The van der Waals surface area contributed by atoms with Gasteiger partial charge in [-0.1, -0.05) is 42.6 Å². The van der Waals surface area contributed by atoms with Gasteiger partial charge in [0.25, 0.3) is 0 Å². The Morgan fingerprint density at radius 3 is 2.47 bits per heavy atom. The quantitative estimate of drug-likeness (QED) is 0.789. The fourth-order valence-corrected chi connectivity index (χ4v) is 5.39. The predicted octanol–water partition coefficient (Wildman–Crippen LogP) is 2.29. The van der Waals surface area contributed by atoms with Gasteiger partial charge in [-0.25, -0.2) is 4.79 Å². The maximum atomic E-state index is 13.0. The summed E-state index contributed by atoms with van der Waals surface area (Å²) in [6, 6.07) is 11.0. The molecule has 2 aromatic rings. The summed E-state index contributed by atoms with van der Waals surface area (Å²) in [7, 11) is 0. The highest BCUT2D eigenvalue weighted by molar-refractivity contribution is 5.75. The number of hydrogen-bond donors (Lipinski definition) is 1. The van der Waals surface area contributed by atoms with Crippen molar-refractivity contribution in [1.82, 2.24) is 35.3 Å². The third-order valence-electron chi connectivity index (χ3n) is 7.18. The Hall–Kier alpha value is -2.68. The van der Waals surface area contributed by atoms with Gasteiger partial charge >= 0.3 is 6.03 Å². The number of para-hydroxylation sites is 1. The molecule has 1 saturated carbocycles. The summed E-state index contributed by atoms with van der Waals surface area (Å²) in [6.07, 6.45) is 9.01. The molecule has 1 unspecified atom stereocenters. The van der Waals surface area contributed by atoms with E-state index in [1.54, 1.807) is 4.68 Å². The highest BCUT2D eigenvalue weighted by Crippen LogP contribution is 2.25. The Morgan fingerprint density at radius 1 is 0.906 bits per heavy atom. The molecular weight excluding hydrogens is 404 g/mol. The summed E-state index contributed by atoms with van der Waals surface area (Å²) in [4.78, 5) is 19.7. The standard InChI is InChI=1S/C23H34N8O/c32-23(24-19-8-7-13-30(18-19)20-9-3-1-4-10-20)29-16-14-28(15-17-29)22-25-26-27-31(22)21-11-5-2-6-12-21/h2,5-6,11-12,19-20H,1,3-4,7-10,13-18H2,(H,24,32). The Kier molecular flexibility index (Phi) is 6.52. The summed E-state index contributed by atoms with van der Waals surface area (Å²) >= 11 is 0. The van der Waals surface area contributed by atoms with Crippen LogP contribution in [0, 0.1) is 0 Å². The summed E-state index contributed by atoms with van der Waals surface area (Å²) in [5, 5.41) is 15.6. The molecule has 9 heteroatoms. The van der Waals surface area contributed by atoms with Crippen LogP contribution in [0.3, 0.4) is 0 Å². The van der Waals surface area contributed by atoms with E-state index in [2.05, 4.69) is 30.6 Å². The molecule has 32 heavy (non-hydrogen) atoms. The first-order chi connectivity index (χ1) is 15.8. The van der Waals surface area contributed by atoms with Gasteiger partial charge in [-0.3, -0.25) is 4.90 Å². The number of amides is 2. The molecular formula is C23H34N8O.